The summed E-state index contributed by atoms with van der Waals surface area (Å²) in [6.07, 6.45) is -7.75. The predicted octanol–water partition coefficient (Wildman–Crippen LogP) is 6.17. The van der Waals surface area contributed by atoms with E-state index in [4.69, 9.17) is 4.74 Å². The van der Waals surface area contributed by atoms with Crippen LogP contribution in [0, 0.1) is 0 Å². The molecule has 4 aliphatic heterocycles. The number of rotatable bonds is 6. The van der Waals surface area contributed by atoms with Crippen LogP contribution in [0.2, 0.25) is 0 Å². The molecular weight excluding hydrogens is 704 g/mol. The topological polar surface area (TPSA) is 76.6 Å². The predicted molar refractivity (Wildman–Crippen MR) is 184 cm³/mol. The largest absolute Gasteiger partial charge is 0.444 e. The summed E-state index contributed by atoms with van der Waals surface area (Å²) < 4.78 is 87.3. The maximum absolute atomic E-state index is 13.8. The summed E-state index contributed by atoms with van der Waals surface area (Å²) in [5.41, 5.74) is -3.38. The lowest BCUT2D eigenvalue weighted by Gasteiger charge is -2.51. The molecule has 2 aromatic carbocycles. The Kier molecular flexibility index (Phi) is 11.1. The van der Waals surface area contributed by atoms with Crippen molar-refractivity contribution in [3.8, 4) is 0 Å². The number of piperidine rings is 1. The third-order valence-corrected chi connectivity index (χ3v) is 10.8. The number of ether oxygens (including phenoxy) is 1. The van der Waals surface area contributed by atoms with Gasteiger partial charge in [-0.3, -0.25) is 24.3 Å². The van der Waals surface area contributed by atoms with Gasteiger partial charge in [0.25, 0.3) is 5.91 Å². The van der Waals surface area contributed by atoms with Crippen LogP contribution in [0.4, 0.5) is 31.1 Å². The smallest absolute Gasteiger partial charge is 0.416 e. The Morgan fingerprint density at radius 2 is 1.32 bits per heavy atom. The summed E-state index contributed by atoms with van der Waals surface area (Å²) in [5, 5.41) is 0. The average Bonchev–Trinajstić information content (AvgIpc) is 3.57. The second kappa shape index (κ2) is 15.1. The van der Waals surface area contributed by atoms with Crippen molar-refractivity contribution in [3.63, 3.8) is 0 Å². The lowest BCUT2D eigenvalue weighted by Crippen LogP contribution is -2.67. The fourth-order valence-electron chi connectivity index (χ4n) is 8.06. The molecule has 0 radical (unpaired) electrons. The highest BCUT2D eigenvalue weighted by atomic mass is 19.4. The fraction of sp³-hybridized carbons (Fsp3) is 0.605. The van der Waals surface area contributed by atoms with Gasteiger partial charge in [0, 0.05) is 76.0 Å². The normalized spacial score (nSPS) is 23.9. The highest BCUT2D eigenvalue weighted by molar-refractivity contribution is 5.95. The van der Waals surface area contributed by atoms with Crippen LogP contribution in [-0.4, -0.2) is 125 Å². The van der Waals surface area contributed by atoms with E-state index in [0.717, 1.165) is 38.2 Å². The molecule has 2 unspecified atom stereocenters. The molecule has 4 saturated heterocycles. The third-order valence-electron chi connectivity index (χ3n) is 10.8. The maximum atomic E-state index is 13.8. The number of halogens is 6. The van der Waals surface area contributed by atoms with Crippen LogP contribution >= 0.6 is 0 Å². The van der Waals surface area contributed by atoms with E-state index in [1.807, 2.05) is 35.2 Å². The molecule has 0 spiro atoms. The van der Waals surface area contributed by atoms with Crippen LogP contribution < -0.4 is 0 Å². The van der Waals surface area contributed by atoms with E-state index in [1.165, 1.54) is 4.90 Å². The van der Waals surface area contributed by atoms with Gasteiger partial charge in [0.2, 0.25) is 5.91 Å². The number of hydrogen-bond donors (Lipinski definition) is 0. The number of carbonyl (C=O) groups excluding carboxylic acids is 3. The van der Waals surface area contributed by atoms with Gasteiger partial charge >= 0.3 is 18.4 Å². The molecule has 6 rings (SSSR count). The lowest BCUT2D eigenvalue weighted by atomic mass is 9.90. The first-order valence-electron chi connectivity index (χ1n) is 18.3. The zero-order valence-electron chi connectivity index (χ0n) is 30.3. The second-order valence-corrected chi connectivity index (χ2v) is 15.6. The Morgan fingerprint density at radius 3 is 1.89 bits per heavy atom. The van der Waals surface area contributed by atoms with Gasteiger partial charge in [-0.15, -0.1) is 0 Å². The van der Waals surface area contributed by atoms with Gasteiger partial charge in [-0.05, 0) is 76.6 Å². The van der Waals surface area contributed by atoms with Gasteiger partial charge in [-0.2, -0.15) is 26.3 Å². The number of hydrogen-bond acceptors (Lipinski definition) is 6. The van der Waals surface area contributed by atoms with Crippen molar-refractivity contribution in [1.29, 1.82) is 0 Å². The van der Waals surface area contributed by atoms with Crippen molar-refractivity contribution >= 4 is 17.9 Å². The minimum Gasteiger partial charge on any atom is -0.444 e. The number of nitrogens with zero attached hydrogens (tertiary/aromatic N) is 5. The van der Waals surface area contributed by atoms with Gasteiger partial charge in [-0.25, -0.2) is 4.79 Å². The average molecular weight is 752 g/mol. The van der Waals surface area contributed by atoms with Crippen LogP contribution in [0.5, 0.6) is 0 Å². The summed E-state index contributed by atoms with van der Waals surface area (Å²) >= 11 is 0. The molecule has 290 valence electrons. The van der Waals surface area contributed by atoms with E-state index in [-0.39, 0.29) is 30.6 Å². The summed E-state index contributed by atoms with van der Waals surface area (Å²) in [6, 6.07) is 9.74. The molecular formula is C38H47F6N5O4. The first kappa shape index (κ1) is 38.9. The highest BCUT2D eigenvalue weighted by Gasteiger charge is 2.45. The van der Waals surface area contributed by atoms with Crippen molar-refractivity contribution in [1.82, 2.24) is 24.5 Å². The van der Waals surface area contributed by atoms with E-state index in [2.05, 4.69) is 9.80 Å². The molecule has 4 heterocycles. The van der Waals surface area contributed by atoms with Gasteiger partial charge < -0.3 is 14.5 Å². The van der Waals surface area contributed by atoms with E-state index in [9.17, 15) is 40.7 Å². The first-order valence-corrected chi connectivity index (χ1v) is 18.3. The molecule has 15 heteroatoms. The van der Waals surface area contributed by atoms with E-state index >= 15 is 0 Å². The van der Waals surface area contributed by atoms with E-state index in [0.29, 0.717) is 57.5 Å². The molecule has 2 aromatic rings. The van der Waals surface area contributed by atoms with Gasteiger partial charge in [0.05, 0.1) is 11.1 Å². The Hall–Kier alpha value is -3.85. The van der Waals surface area contributed by atoms with Crippen LogP contribution in [0.15, 0.2) is 48.5 Å². The van der Waals surface area contributed by atoms with Gasteiger partial charge in [0.1, 0.15) is 11.6 Å². The molecule has 0 bridgehead atoms. The minimum atomic E-state index is -5.05. The lowest BCUT2D eigenvalue weighted by molar-refractivity contribution is -0.144. The van der Waals surface area contributed by atoms with Crippen molar-refractivity contribution in [2.75, 3.05) is 52.4 Å². The van der Waals surface area contributed by atoms with E-state index < -0.39 is 58.7 Å². The molecule has 0 aromatic heterocycles. The van der Waals surface area contributed by atoms with Crippen LogP contribution in [0.3, 0.4) is 0 Å². The summed E-state index contributed by atoms with van der Waals surface area (Å²) in [7, 11) is 0. The van der Waals surface area contributed by atoms with Gasteiger partial charge in [-0.1, -0.05) is 30.3 Å². The van der Waals surface area contributed by atoms with Crippen LogP contribution in [0.1, 0.15) is 73.5 Å². The molecule has 9 nitrogen and oxygen atoms in total. The zero-order chi connectivity index (χ0) is 38.3. The quantitative estimate of drug-likeness (QED) is 0.329. The third kappa shape index (κ3) is 9.10. The first-order chi connectivity index (χ1) is 24.9. The summed E-state index contributed by atoms with van der Waals surface area (Å²) in [4.78, 5) is 49.4. The van der Waals surface area contributed by atoms with Crippen molar-refractivity contribution in [3.05, 3.63) is 70.8 Å². The molecule has 0 saturated carbocycles. The Morgan fingerprint density at radius 1 is 0.736 bits per heavy atom. The second-order valence-electron chi connectivity index (χ2n) is 15.6. The van der Waals surface area contributed by atoms with Crippen LogP contribution in [0.25, 0.3) is 0 Å². The van der Waals surface area contributed by atoms with Gasteiger partial charge in [0.15, 0.2) is 0 Å². The number of alkyl halides is 6. The number of piperazine rings is 1. The Bertz CT molecular complexity index is 1600. The van der Waals surface area contributed by atoms with E-state index in [1.54, 1.807) is 25.7 Å². The summed E-state index contributed by atoms with van der Waals surface area (Å²) in [6.45, 7) is 10.3. The van der Waals surface area contributed by atoms with Crippen molar-refractivity contribution < 1.29 is 45.5 Å². The fourth-order valence-corrected chi connectivity index (χ4v) is 8.06. The molecule has 0 N–H and O–H groups in total. The Labute approximate surface area is 305 Å². The maximum Gasteiger partial charge on any atom is 0.416 e. The SMILES string of the molecule is CC(C)(C)OC(=O)N1CCCC1C(=O)N1CC(N2CCN(C3CCN(C(=O)c4cc(C(F)(F)F)cc(C(F)(F)F)c4)[C@@H](Cc4ccccc4)C3)CC2)C1. The van der Waals surface area contributed by atoms with Crippen molar-refractivity contribution in [2.45, 2.75) is 95.0 Å². The molecule has 53 heavy (non-hydrogen) atoms. The summed E-state index contributed by atoms with van der Waals surface area (Å²) in [5.74, 6) is -0.893. The molecule has 0 aliphatic carbocycles. The molecule has 4 fully saturated rings. The standard InChI is InChI=1S/C38H47F6N5O4/c1-36(2,3)53-35(52)49-12-7-10-32(49)34(51)47-23-31(24-47)46-16-14-45(15-17-46)29-11-13-48(30(22-29)18-25-8-5-4-6-9-25)33(50)26-19-27(37(39,40)41)21-28(20-26)38(42,43)44/h4-6,8-9,19-21,29-32H,7,10-18,22-24H2,1-3H3/t29?,30-,32?/m0/s1. The highest BCUT2D eigenvalue weighted by Crippen LogP contribution is 2.37. The minimum absolute atomic E-state index is 0.0406. The molecule has 4 aliphatic rings. The molecule has 3 amide bonds. The zero-order valence-corrected chi connectivity index (χ0v) is 30.3. The number of benzene rings is 2. The Balaban J connectivity index is 1.07. The number of amides is 3. The monoisotopic (exact) mass is 751 g/mol. The number of carbonyl (C=O) groups is 3. The van der Waals surface area contributed by atoms with Crippen LogP contribution in [-0.2, 0) is 28.3 Å². The van der Waals surface area contributed by atoms with Crippen molar-refractivity contribution in [2.24, 2.45) is 0 Å². The number of likely N-dealkylation sites (tertiary alicyclic amines) is 3. The molecule has 3 atom stereocenters.